The minimum Gasteiger partial charge on any atom is -0.205 e. The first-order valence-corrected chi connectivity index (χ1v) is 9.21. The molecule has 0 N–H and O–H groups in total. The number of hydrogen-bond acceptors (Lipinski definition) is 0. The third kappa shape index (κ3) is 4.08. The Labute approximate surface area is 149 Å². The van der Waals surface area contributed by atoms with Crippen LogP contribution in [0, 0.1) is 11.7 Å². The van der Waals surface area contributed by atoms with Gasteiger partial charge in [-0.15, -0.1) is 0 Å². The van der Waals surface area contributed by atoms with Crippen molar-refractivity contribution in [1.29, 1.82) is 0 Å². The van der Waals surface area contributed by atoms with Crippen molar-refractivity contribution in [1.82, 2.24) is 0 Å². The molecule has 0 radical (unpaired) electrons. The molecule has 0 spiro atoms. The quantitative estimate of drug-likeness (QED) is 0.508. The lowest BCUT2D eigenvalue weighted by Crippen LogP contribution is -2.12. The maximum absolute atomic E-state index is 13.6. The Morgan fingerprint density at radius 2 is 1.67 bits per heavy atom. The second kappa shape index (κ2) is 7.98. The minimum absolute atomic E-state index is 0.171. The average Bonchev–Trinajstić information content (AvgIpc) is 2.63. The van der Waals surface area contributed by atoms with Gasteiger partial charge in [-0.3, -0.25) is 0 Å². The van der Waals surface area contributed by atoms with Gasteiger partial charge in [-0.25, -0.2) is 4.39 Å². The predicted molar refractivity (Wildman–Crippen MR) is 101 cm³/mol. The lowest BCUT2D eigenvalue weighted by Gasteiger charge is -2.28. The van der Waals surface area contributed by atoms with Gasteiger partial charge in [0.1, 0.15) is 5.82 Å². The third-order valence-electron chi connectivity index (χ3n) is 5.19. The smallest absolute Gasteiger partial charge is 0.142 e. The Hall–Kier alpha value is -1.60. The van der Waals surface area contributed by atoms with Crippen LogP contribution in [0.25, 0.3) is 11.1 Å². The maximum atomic E-state index is 13.6. The summed E-state index contributed by atoms with van der Waals surface area (Å²) in [6.45, 7) is 2.10. The highest BCUT2D eigenvalue weighted by Crippen LogP contribution is 2.37. The highest BCUT2D eigenvalue weighted by molar-refractivity contribution is 6.30. The van der Waals surface area contributed by atoms with Crippen LogP contribution in [0.3, 0.4) is 0 Å². The summed E-state index contributed by atoms with van der Waals surface area (Å²) in [6, 6.07) is 13.6. The van der Waals surface area contributed by atoms with Crippen molar-refractivity contribution in [2.24, 2.45) is 5.92 Å². The standard InChI is InChI=1S/C22H24ClF/c1-2-3-4-16-5-7-17(8-6-16)18-9-11-19(12-10-18)20-13-14-21(23)22(24)15-20/h2-3,9-17H,4-8H2,1H3/b3-2+. The maximum Gasteiger partial charge on any atom is 0.142 e. The van der Waals surface area contributed by atoms with Crippen molar-refractivity contribution in [3.63, 3.8) is 0 Å². The summed E-state index contributed by atoms with van der Waals surface area (Å²) < 4.78 is 13.6. The lowest BCUT2D eigenvalue weighted by atomic mass is 9.77. The monoisotopic (exact) mass is 342 g/mol. The number of halogens is 2. The first-order valence-electron chi connectivity index (χ1n) is 8.84. The van der Waals surface area contributed by atoms with Gasteiger partial charge >= 0.3 is 0 Å². The van der Waals surface area contributed by atoms with E-state index in [1.54, 1.807) is 6.07 Å². The Morgan fingerprint density at radius 1 is 1.00 bits per heavy atom. The summed E-state index contributed by atoms with van der Waals surface area (Å²) in [5.74, 6) is 1.16. The second-order valence-electron chi connectivity index (χ2n) is 6.77. The third-order valence-corrected chi connectivity index (χ3v) is 5.49. The van der Waals surface area contributed by atoms with Gasteiger partial charge in [0.25, 0.3) is 0 Å². The fraction of sp³-hybridized carbons (Fsp3) is 0.364. The molecule has 0 saturated heterocycles. The molecule has 126 valence electrons. The van der Waals surface area contributed by atoms with Crippen LogP contribution in [0.1, 0.15) is 50.5 Å². The molecular weight excluding hydrogens is 319 g/mol. The number of hydrogen-bond donors (Lipinski definition) is 0. The van der Waals surface area contributed by atoms with E-state index in [0.29, 0.717) is 5.92 Å². The zero-order chi connectivity index (χ0) is 16.9. The van der Waals surface area contributed by atoms with Gasteiger partial charge in [-0.2, -0.15) is 0 Å². The summed E-state index contributed by atoms with van der Waals surface area (Å²) in [7, 11) is 0. The molecule has 0 aromatic heterocycles. The molecule has 0 bridgehead atoms. The van der Waals surface area contributed by atoms with Crippen LogP contribution in [0.5, 0.6) is 0 Å². The van der Waals surface area contributed by atoms with E-state index in [1.807, 2.05) is 6.07 Å². The van der Waals surface area contributed by atoms with Gasteiger partial charge in [0, 0.05) is 0 Å². The van der Waals surface area contributed by atoms with Crippen LogP contribution >= 0.6 is 11.6 Å². The number of rotatable bonds is 4. The predicted octanol–water partition coefficient (Wildman–Crippen LogP) is 7.39. The second-order valence-corrected chi connectivity index (χ2v) is 7.18. The molecule has 0 heterocycles. The minimum atomic E-state index is -0.363. The van der Waals surface area contributed by atoms with E-state index in [-0.39, 0.29) is 10.8 Å². The van der Waals surface area contributed by atoms with Crippen molar-refractivity contribution >= 4 is 11.6 Å². The van der Waals surface area contributed by atoms with Gasteiger partial charge in [0.2, 0.25) is 0 Å². The fourth-order valence-electron chi connectivity index (χ4n) is 3.68. The summed E-state index contributed by atoms with van der Waals surface area (Å²) in [6.07, 6.45) is 10.9. The summed E-state index contributed by atoms with van der Waals surface area (Å²) in [5, 5.41) is 0.171. The van der Waals surface area contributed by atoms with Crippen molar-refractivity contribution in [2.45, 2.75) is 44.9 Å². The number of allylic oxidation sites excluding steroid dienone is 2. The van der Waals surface area contributed by atoms with Crippen LogP contribution < -0.4 is 0 Å². The fourth-order valence-corrected chi connectivity index (χ4v) is 3.80. The Kier molecular flexibility index (Phi) is 5.73. The molecule has 0 atom stereocenters. The lowest BCUT2D eigenvalue weighted by molar-refractivity contribution is 0.328. The van der Waals surface area contributed by atoms with E-state index in [1.165, 1.54) is 43.7 Å². The van der Waals surface area contributed by atoms with Crippen LogP contribution in [0.2, 0.25) is 5.02 Å². The molecule has 2 aromatic rings. The van der Waals surface area contributed by atoms with E-state index in [2.05, 4.69) is 43.3 Å². The van der Waals surface area contributed by atoms with E-state index in [9.17, 15) is 4.39 Å². The highest BCUT2D eigenvalue weighted by Gasteiger charge is 2.21. The van der Waals surface area contributed by atoms with Gasteiger partial charge in [0.15, 0.2) is 0 Å². The SMILES string of the molecule is C/C=C/CC1CCC(c2ccc(-c3ccc(Cl)c(F)c3)cc2)CC1. The molecule has 1 saturated carbocycles. The topological polar surface area (TPSA) is 0 Å². The Morgan fingerprint density at radius 3 is 2.29 bits per heavy atom. The van der Waals surface area contributed by atoms with Gasteiger partial charge < -0.3 is 0 Å². The van der Waals surface area contributed by atoms with Crippen LogP contribution in [0.4, 0.5) is 4.39 Å². The molecule has 2 heteroatoms. The normalized spacial score (nSPS) is 21.3. The summed E-state index contributed by atoms with van der Waals surface area (Å²) in [5.41, 5.74) is 3.33. The molecular formula is C22H24ClF. The van der Waals surface area contributed by atoms with Crippen molar-refractivity contribution in [2.75, 3.05) is 0 Å². The van der Waals surface area contributed by atoms with E-state index >= 15 is 0 Å². The van der Waals surface area contributed by atoms with E-state index < -0.39 is 0 Å². The molecule has 0 amide bonds. The summed E-state index contributed by atoms with van der Waals surface area (Å²) in [4.78, 5) is 0. The van der Waals surface area contributed by atoms with E-state index in [0.717, 1.165) is 17.0 Å². The van der Waals surface area contributed by atoms with Crippen LogP contribution in [0.15, 0.2) is 54.6 Å². The molecule has 1 aliphatic rings. The molecule has 0 nitrogen and oxygen atoms in total. The van der Waals surface area contributed by atoms with Gasteiger partial charge in [-0.05, 0) is 79.7 Å². The zero-order valence-corrected chi connectivity index (χ0v) is 14.9. The zero-order valence-electron chi connectivity index (χ0n) is 14.1. The first-order chi connectivity index (χ1) is 11.7. The van der Waals surface area contributed by atoms with E-state index in [4.69, 9.17) is 11.6 Å². The molecule has 1 aliphatic carbocycles. The largest absolute Gasteiger partial charge is 0.205 e. The average molecular weight is 343 g/mol. The Bertz CT molecular complexity index is 694. The van der Waals surface area contributed by atoms with Gasteiger partial charge in [-0.1, -0.05) is 54.1 Å². The molecule has 0 unspecified atom stereocenters. The highest BCUT2D eigenvalue weighted by atomic mass is 35.5. The molecule has 0 aliphatic heterocycles. The van der Waals surface area contributed by atoms with Crippen molar-refractivity contribution in [3.8, 4) is 11.1 Å². The van der Waals surface area contributed by atoms with Crippen molar-refractivity contribution in [3.05, 3.63) is 71.0 Å². The van der Waals surface area contributed by atoms with Crippen molar-refractivity contribution < 1.29 is 4.39 Å². The summed E-state index contributed by atoms with van der Waals surface area (Å²) >= 11 is 5.76. The molecule has 2 aromatic carbocycles. The Balaban J connectivity index is 1.66. The molecule has 24 heavy (non-hydrogen) atoms. The molecule has 3 rings (SSSR count). The molecule has 1 fully saturated rings. The number of benzene rings is 2. The van der Waals surface area contributed by atoms with Crippen LogP contribution in [-0.2, 0) is 0 Å². The van der Waals surface area contributed by atoms with Crippen LogP contribution in [-0.4, -0.2) is 0 Å². The van der Waals surface area contributed by atoms with Gasteiger partial charge in [0.05, 0.1) is 5.02 Å². The first kappa shape index (κ1) is 17.2.